The van der Waals surface area contributed by atoms with E-state index in [1.54, 1.807) is 0 Å². The summed E-state index contributed by atoms with van der Waals surface area (Å²) >= 11 is 0. The lowest BCUT2D eigenvalue weighted by atomic mass is 9.71. The standard InChI is InChI=1S/C42H71N4O19P/c1-21(2)11-9-12-22(3)13-10-14-23(4)15-16-58-17-18-59-66(56,57)65-28-19-27(38(43)53)42(8,55)37(64-41(44)54)36(28)63-40-31(46-26(7)49)34(52)35(29(20-47)61-40)62-39-30(45-25(6)48)33(51)32(50)24(5)60-39/h11,13,15,24,27-37,39-40,47,50-52,55H,9-10,12,14,16-20H2,1-8H3,(H2,43,53)(H2,44,54)(H,45,48)(H,46,49)(H,56,57)/b22-13+,23-15-. The fraction of sp³-hybridized carbons (Fsp3) is 0.762. The van der Waals surface area contributed by atoms with Crippen LogP contribution in [-0.2, 0) is 56.4 Å². The summed E-state index contributed by atoms with van der Waals surface area (Å²) in [6.45, 7) is 11.5. The second kappa shape index (κ2) is 25.8. The van der Waals surface area contributed by atoms with Crippen molar-refractivity contribution < 1.29 is 91.6 Å². The number of ether oxygens (including phenoxy) is 6. The lowest BCUT2D eigenvalue weighted by Gasteiger charge is -2.51. The van der Waals surface area contributed by atoms with Gasteiger partial charge < -0.3 is 80.9 Å². The van der Waals surface area contributed by atoms with E-state index in [-0.39, 0.29) is 13.2 Å². The quantitative estimate of drug-likeness (QED) is 0.0365. The summed E-state index contributed by atoms with van der Waals surface area (Å²) in [6, 6.07) is -3.08. The smallest absolute Gasteiger partial charge is 0.440 e. The first kappa shape index (κ1) is 56.9. The number of aliphatic hydroxyl groups is 5. The molecule has 0 bridgehead atoms. The molecule has 4 amide bonds. The normalized spacial score (nSPS) is 35.0. The van der Waals surface area contributed by atoms with Crippen LogP contribution in [0, 0.1) is 5.92 Å². The summed E-state index contributed by atoms with van der Waals surface area (Å²) in [5, 5.41) is 60.0. The highest BCUT2D eigenvalue weighted by Gasteiger charge is 2.60. The molecule has 0 aromatic rings. The molecule has 2 heterocycles. The molecule has 0 radical (unpaired) electrons. The predicted molar refractivity (Wildman–Crippen MR) is 232 cm³/mol. The zero-order valence-electron chi connectivity index (χ0n) is 38.8. The molecule has 0 aromatic heterocycles. The lowest BCUT2D eigenvalue weighted by Crippen LogP contribution is -2.71. The van der Waals surface area contributed by atoms with Crippen LogP contribution in [0.5, 0.6) is 0 Å². The number of carbonyl (C=O) groups is 4. The van der Waals surface area contributed by atoms with Crippen molar-refractivity contribution in [3.63, 3.8) is 0 Å². The zero-order chi connectivity index (χ0) is 49.7. The van der Waals surface area contributed by atoms with Gasteiger partial charge >= 0.3 is 13.9 Å². The molecule has 3 aliphatic rings. The topological polar surface area (TPSA) is 357 Å². The average Bonchev–Trinajstić information content (AvgIpc) is 3.20. The molecule has 378 valence electrons. The van der Waals surface area contributed by atoms with Crippen LogP contribution < -0.4 is 22.1 Å². The Balaban J connectivity index is 1.83. The number of phosphoric acid groups is 1. The van der Waals surface area contributed by atoms with Gasteiger partial charge in [-0.15, -0.1) is 0 Å². The van der Waals surface area contributed by atoms with Gasteiger partial charge in [0.1, 0.15) is 60.4 Å². The van der Waals surface area contributed by atoms with Crippen molar-refractivity contribution in [1.82, 2.24) is 10.6 Å². The first-order valence-corrected chi connectivity index (χ1v) is 23.3. The third-order valence-electron chi connectivity index (χ3n) is 11.4. The lowest BCUT2D eigenvalue weighted by molar-refractivity contribution is -0.343. The predicted octanol–water partition coefficient (Wildman–Crippen LogP) is -0.0310. The van der Waals surface area contributed by atoms with E-state index in [0.29, 0.717) is 0 Å². The van der Waals surface area contributed by atoms with Gasteiger partial charge in [0.05, 0.1) is 38.4 Å². The average molecular weight is 967 g/mol. The molecule has 2 saturated heterocycles. The molecule has 0 aromatic carbocycles. The number of allylic oxidation sites excluding steroid dienone is 5. The number of hydrogen-bond acceptors (Lipinski definition) is 18. The molecule has 1 saturated carbocycles. The highest BCUT2D eigenvalue weighted by atomic mass is 31.2. The molecule has 66 heavy (non-hydrogen) atoms. The minimum absolute atomic E-state index is 0.161. The number of hydrogen-bond donors (Lipinski definition) is 10. The second-order valence-corrected chi connectivity index (χ2v) is 18.7. The van der Waals surface area contributed by atoms with E-state index in [4.69, 9.17) is 48.9 Å². The molecular formula is C42H71N4O19P. The van der Waals surface area contributed by atoms with Crippen LogP contribution >= 0.6 is 7.82 Å². The van der Waals surface area contributed by atoms with Crippen molar-refractivity contribution in [1.29, 1.82) is 0 Å². The van der Waals surface area contributed by atoms with Gasteiger partial charge in [-0.05, 0) is 73.6 Å². The van der Waals surface area contributed by atoms with Gasteiger partial charge in [0.2, 0.25) is 17.7 Å². The summed E-state index contributed by atoms with van der Waals surface area (Å²) in [5.74, 6) is -4.20. The van der Waals surface area contributed by atoms with Crippen LogP contribution in [0.2, 0.25) is 0 Å². The first-order valence-electron chi connectivity index (χ1n) is 21.8. The van der Waals surface area contributed by atoms with Gasteiger partial charge in [-0.2, -0.15) is 0 Å². The van der Waals surface area contributed by atoms with Gasteiger partial charge in [-0.1, -0.05) is 34.9 Å². The van der Waals surface area contributed by atoms with Crippen molar-refractivity contribution in [2.45, 2.75) is 173 Å². The van der Waals surface area contributed by atoms with Gasteiger partial charge in [0, 0.05) is 13.8 Å². The molecule has 23 nitrogen and oxygen atoms in total. The number of carbonyl (C=O) groups excluding carboxylic acids is 4. The Morgan fingerprint density at radius 2 is 1.38 bits per heavy atom. The Morgan fingerprint density at radius 3 is 1.94 bits per heavy atom. The van der Waals surface area contributed by atoms with Crippen molar-refractivity contribution in [2.75, 3.05) is 26.4 Å². The summed E-state index contributed by atoms with van der Waals surface area (Å²) in [4.78, 5) is 60.5. The molecule has 3 rings (SSSR count). The van der Waals surface area contributed by atoms with E-state index >= 15 is 0 Å². The molecule has 3 fully saturated rings. The fourth-order valence-electron chi connectivity index (χ4n) is 7.93. The number of phosphoric ester groups is 1. The van der Waals surface area contributed by atoms with Gasteiger partial charge in [-0.25, -0.2) is 9.36 Å². The minimum atomic E-state index is -5.14. The molecule has 24 heteroatoms. The van der Waals surface area contributed by atoms with Crippen LogP contribution in [0.25, 0.3) is 0 Å². The largest absolute Gasteiger partial charge is 0.472 e. The Bertz CT molecular complexity index is 1780. The molecule has 2 aliphatic heterocycles. The maximum absolute atomic E-state index is 13.5. The highest BCUT2D eigenvalue weighted by Crippen LogP contribution is 2.50. The molecule has 0 spiro atoms. The number of primary amides is 2. The maximum Gasteiger partial charge on any atom is 0.472 e. The molecule has 16 atom stereocenters. The number of amides is 4. The van der Waals surface area contributed by atoms with E-state index < -0.39 is 142 Å². The number of rotatable bonds is 23. The Kier molecular flexibility index (Phi) is 22.3. The van der Waals surface area contributed by atoms with E-state index in [0.717, 1.165) is 52.0 Å². The number of aliphatic hydroxyl groups excluding tert-OH is 4. The Labute approximate surface area is 384 Å². The van der Waals surface area contributed by atoms with Crippen LogP contribution in [0.4, 0.5) is 4.79 Å². The monoisotopic (exact) mass is 966 g/mol. The molecule has 1 aliphatic carbocycles. The third kappa shape index (κ3) is 16.7. The van der Waals surface area contributed by atoms with E-state index in [1.165, 1.54) is 18.1 Å². The Morgan fingerprint density at radius 1 is 0.818 bits per heavy atom. The highest BCUT2D eigenvalue weighted by molar-refractivity contribution is 7.47. The van der Waals surface area contributed by atoms with Crippen molar-refractivity contribution in [3.05, 3.63) is 34.9 Å². The maximum atomic E-state index is 13.5. The molecule has 16 unspecified atom stereocenters. The van der Waals surface area contributed by atoms with Crippen molar-refractivity contribution in [3.8, 4) is 0 Å². The SMILES string of the molecule is CC(=O)NC1C(OC2C(CO)OC(OC3C(OP(=O)(O)OCCOC/C=C(/C)CC/C=C(\C)CCC=C(C)C)CC(C(N)=O)C(C)(O)C3OC(N)=O)C(NC(C)=O)C2O)OC(C)C(O)C1O. The van der Waals surface area contributed by atoms with Crippen molar-refractivity contribution in [2.24, 2.45) is 17.4 Å². The number of nitrogens with one attached hydrogen (secondary N) is 2. The van der Waals surface area contributed by atoms with Gasteiger partial charge in [-0.3, -0.25) is 23.4 Å². The van der Waals surface area contributed by atoms with E-state index in [2.05, 4.69) is 43.6 Å². The fourth-order valence-corrected chi connectivity index (χ4v) is 8.84. The zero-order valence-corrected chi connectivity index (χ0v) is 39.7. The first-order chi connectivity index (χ1) is 30.8. The van der Waals surface area contributed by atoms with Gasteiger partial charge in [0.25, 0.3) is 0 Å². The van der Waals surface area contributed by atoms with Gasteiger partial charge in [0.15, 0.2) is 18.7 Å². The van der Waals surface area contributed by atoms with E-state index in [9.17, 15) is 54.2 Å². The van der Waals surface area contributed by atoms with Crippen LogP contribution in [0.1, 0.15) is 87.5 Å². The minimum Gasteiger partial charge on any atom is -0.440 e. The molecule has 12 N–H and O–H groups in total. The van der Waals surface area contributed by atoms with Crippen LogP contribution in [0.3, 0.4) is 0 Å². The van der Waals surface area contributed by atoms with Crippen LogP contribution in [0.15, 0.2) is 34.9 Å². The summed E-state index contributed by atoms with van der Waals surface area (Å²) in [5.41, 5.74) is 12.2. The van der Waals surface area contributed by atoms with Crippen molar-refractivity contribution >= 4 is 31.6 Å². The Hall–Kier alpha value is -3.39. The number of nitrogens with two attached hydrogens (primary N) is 2. The third-order valence-corrected chi connectivity index (χ3v) is 12.5. The second-order valence-electron chi connectivity index (χ2n) is 17.3. The summed E-state index contributed by atoms with van der Waals surface area (Å²) in [7, 11) is -5.14. The summed E-state index contributed by atoms with van der Waals surface area (Å²) < 4.78 is 58.8. The van der Waals surface area contributed by atoms with Crippen LogP contribution in [-0.4, -0.2) is 166 Å². The molecular weight excluding hydrogens is 895 g/mol. The van der Waals surface area contributed by atoms with E-state index in [1.807, 2.05) is 13.0 Å². The summed E-state index contributed by atoms with van der Waals surface area (Å²) in [6.07, 6.45) is -10.8.